The molecule has 0 radical (unpaired) electrons. The standard InChI is InChI=1S/C18H20Cl2N2O2/c1-4-12-8-14(21)7-10(2)17(12)22-18(23)11(3)24-16-6-5-13(19)9-15(16)20/h5-9,11H,4,21H2,1-3H3,(H,22,23)/t11-/m0/s1. The van der Waals surface area contributed by atoms with E-state index < -0.39 is 6.10 Å². The zero-order valence-electron chi connectivity index (χ0n) is 13.8. The Bertz CT molecular complexity index is 763. The first-order chi connectivity index (χ1) is 11.3. The molecule has 6 heteroatoms. The van der Waals surface area contributed by atoms with Crippen LogP contribution < -0.4 is 15.8 Å². The van der Waals surface area contributed by atoms with Gasteiger partial charge in [-0.2, -0.15) is 0 Å². The fourth-order valence-electron chi connectivity index (χ4n) is 2.39. The molecule has 0 aliphatic rings. The lowest BCUT2D eigenvalue weighted by Crippen LogP contribution is -2.31. The summed E-state index contributed by atoms with van der Waals surface area (Å²) in [5.74, 6) is 0.150. The summed E-state index contributed by atoms with van der Waals surface area (Å²) in [4.78, 5) is 12.5. The molecule has 0 aliphatic carbocycles. The molecule has 0 saturated heterocycles. The summed E-state index contributed by atoms with van der Waals surface area (Å²) in [5, 5.41) is 3.79. The molecule has 1 amide bonds. The summed E-state index contributed by atoms with van der Waals surface area (Å²) in [6.07, 6.45) is 0.0464. The van der Waals surface area contributed by atoms with Gasteiger partial charge in [0.05, 0.1) is 5.02 Å². The van der Waals surface area contributed by atoms with Gasteiger partial charge in [-0.15, -0.1) is 0 Å². The van der Waals surface area contributed by atoms with Gasteiger partial charge in [0, 0.05) is 16.4 Å². The van der Waals surface area contributed by atoms with Crippen LogP contribution in [0.15, 0.2) is 30.3 Å². The van der Waals surface area contributed by atoms with E-state index in [0.29, 0.717) is 21.5 Å². The Balaban J connectivity index is 2.15. The largest absolute Gasteiger partial charge is 0.479 e. The molecule has 0 aromatic heterocycles. The minimum atomic E-state index is -0.717. The number of carbonyl (C=O) groups is 1. The maximum absolute atomic E-state index is 12.5. The SMILES string of the molecule is CCc1cc(N)cc(C)c1NC(=O)[C@H](C)Oc1ccc(Cl)cc1Cl. The Morgan fingerprint density at radius 1 is 1.29 bits per heavy atom. The van der Waals surface area contributed by atoms with Crippen molar-refractivity contribution in [2.75, 3.05) is 11.1 Å². The van der Waals surface area contributed by atoms with Crippen LogP contribution in [0.25, 0.3) is 0 Å². The second-order valence-electron chi connectivity index (χ2n) is 5.55. The van der Waals surface area contributed by atoms with Crippen LogP contribution in [-0.4, -0.2) is 12.0 Å². The topological polar surface area (TPSA) is 64.3 Å². The number of nitrogens with two attached hydrogens (primary N) is 1. The molecular weight excluding hydrogens is 347 g/mol. The highest BCUT2D eigenvalue weighted by Gasteiger charge is 2.18. The number of anilines is 2. The van der Waals surface area contributed by atoms with E-state index in [2.05, 4.69) is 5.32 Å². The first-order valence-electron chi connectivity index (χ1n) is 7.63. The molecule has 0 saturated carbocycles. The van der Waals surface area contributed by atoms with E-state index >= 15 is 0 Å². The minimum Gasteiger partial charge on any atom is -0.479 e. The third kappa shape index (κ3) is 4.34. The predicted molar refractivity (Wildman–Crippen MR) is 100 cm³/mol. The molecule has 1 atom stereocenters. The smallest absolute Gasteiger partial charge is 0.265 e. The van der Waals surface area contributed by atoms with Gasteiger partial charge in [0.2, 0.25) is 0 Å². The number of benzene rings is 2. The van der Waals surface area contributed by atoms with Crippen LogP contribution in [-0.2, 0) is 11.2 Å². The van der Waals surface area contributed by atoms with Gasteiger partial charge in [-0.05, 0) is 61.7 Å². The average molecular weight is 367 g/mol. The number of nitrogen functional groups attached to an aromatic ring is 1. The van der Waals surface area contributed by atoms with Crippen LogP contribution in [0, 0.1) is 6.92 Å². The van der Waals surface area contributed by atoms with E-state index in [1.54, 1.807) is 25.1 Å². The zero-order chi connectivity index (χ0) is 17.9. The summed E-state index contributed by atoms with van der Waals surface area (Å²) in [7, 11) is 0. The zero-order valence-corrected chi connectivity index (χ0v) is 15.3. The molecule has 0 spiro atoms. The second-order valence-corrected chi connectivity index (χ2v) is 6.39. The second kappa shape index (κ2) is 7.77. The third-order valence-corrected chi connectivity index (χ3v) is 4.17. The number of hydrogen-bond donors (Lipinski definition) is 2. The van der Waals surface area contributed by atoms with E-state index in [0.717, 1.165) is 23.2 Å². The Kier molecular flexibility index (Phi) is 5.97. The normalized spacial score (nSPS) is 11.9. The molecule has 0 fully saturated rings. The number of carbonyl (C=O) groups excluding carboxylic acids is 1. The van der Waals surface area contributed by atoms with Crippen molar-refractivity contribution in [3.63, 3.8) is 0 Å². The number of aryl methyl sites for hydroxylation is 2. The lowest BCUT2D eigenvalue weighted by molar-refractivity contribution is -0.122. The monoisotopic (exact) mass is 366 g/mol. The van der Waals surface area contributed by atoms with Crippen LogP contribution in [0.5, 0.6) is 5.75 Å². The van der Waals surface area contributed by atoms with E-state index in [1.807, 2.05) is 26.0 Å². The van der Waals surface area contributed by atoms with Crippen molar-refractivity contribution >= 4 is 40.5 Å². The van der Waals surface area contributed by atoms with Crippen LogP contribution in [0.3, 0.4) is 0 Å². The van der Waals surface area contributed by atoms with Crippen LogP contribution in [0.2, 0.25) is 10.0 Å². The molecule has 2 aromatic carbocycles. The predicted octanol–water partition coefficient (Wildman–Crippen LogP) is 4.85. The number of ether oxygens (including phenoxy) is 1. The van der Waals surface area contributed by atoms with Gasteiger partial charge in [0.25, 0.3) is 5.91 Å². The van der Waals surface area contributed by atoms with Crippen LogP contribution in [0.4, 0.5) is 11.4 Å². The molecule has 3 N–H and O–H groups in total. The Hall–Kier alpha value is -1.91. The highest BCUT2D eigenvalue weighted by atomic mass is 35.5. The number of amides is 1. The molecule has 128 valence electrons. The summed E-state index contributed by atoms with van der Waals surface area (Å²) in [6.45, 7) is 5.59. The lowest BCUT2D eigenvalue weighted by atomic mass is 10.0. The van der Waals surface area contributed by atoms with Crippen molar-refractivity contribution < 1.29 is 9.53 Å². The van der Waals surface area contributed by atoms with Crippen molar-refractivity contribution in [2.45, 2.75) is 33.3 Å². The molecular formula is C18H20Cl2N2O2. The Morgan fingerprint density at radius 2 is 2.00 bits per heavy atom. The Labute approximate surface area is 151 Å². The van der Waals surface area contributed by atoms with Gasteiger partial charge in [-0.3, -0.25) is 4.79 Å². The van der Waals surface area contributed by atoms with E-state index in [4.69, 9.17) is 33.7 Å². The van der Waals surface area contributed by atoms with Crippen molar-refractivity contribution in [1.29, 1.82) is 0 Å². The van der Waals surface area contributed by atoms with Crippen molar-refractivity contribution in [3.8, 4) is 5.75 Å². The van der Waals surface area contributed by atoms with Gasteiger partial charge in [0.15, 0.2) is 6.10 Å². The van der Waals surface area contributed by atoms with E-state index in [1.165, 1.54) is 0 Å². The highest BCUT2D eigenvalue weighted by molar-refractivity contribution is 6.35. The summed E-state index contributed by atoms with van der Waals surface area (Å²) >= 11 is 11.9. The average Bonchev–Trinajstić information content (AvgIpc) is 2.52. The fraction of sp³-hybridized carbons (Fsp3) is 0.278. The molecule has 2 aromatic rings. The van der Waals surface area contributed by atoms with Gasteiger partial charge in [0.1, 0.15) is 5.75 Å². The maximum atomic E-state index is 12.5. The van der Waals surface area contributed by atoms with Crippen molar-refractivity contribution in [2.24, 2.45) is 0 Å². The quantitative estimate of drug-likeness (QED) is 0.743. The van der Waals surface area contributed by atoms with Crippen molar-refractivity contribution in [3.05, 3.63) is 51.5 Å². The minimum absolute atomic E-state index is 0.261. The van der Waals surface area contributed by atoms with E-state index in [-0.39, 0.29) is 5.91 Å². The van der Waals surface area contributed by atoms with Gasteiger partial charge in [-0.1, -0.05) is 30.1 Å². The maximum Gasteiger partial charge on any atom is 0.265 e. The summed E-state index contributed by atoms with van der Waals surface area (Å²) in [5.41, 5.74) is 9.21. The molecule has 2 rings (SSSR count). The summed E-state index contributed by atoms with van der Waals surface area (Å²) < 4.78 is 5.64. The number of hydrogen-bond acceptors (Lipinski definition) is 3. The van der Waals surface area contributed by atoms with Crippen LogP contribution in [0.1, 0.15) is 25.0 Å². The summed E-state index contributed by atoms with van der Waals surface area (Å²) in [6, 6.07) is 8.57. The number of rotatable bonds is 5. The molecule has 0 aliphatic heterocycles. The molecule has 24 heavy (non-hydrogen) atoms. The lowest BCUT2D eigenvalue weighted by Gasteiger charge is -2.19. The first kappa shape index (κ1) is 18.4. The Morgan fingerprint density at radius 3 is 2.62 bits per heavy atom. The number of nitrogens with one attached hydrogen (secondary N) is 1. The van der Waals surface area contributed by atoms with Crippen molar-refractivity contribution in [1.82, 2.24) is 0 Å². The molecule has 0 bridgehead atoms. The highest BCUT2D eigenvalue weighted by Crippen LogP contribution is 2.29. The molecule has 0 unspecified atom stereocenters. The number of halogens is 2. The van der Waals surface area contributed by atoms with Crippen LogP contribution >= 0.6 is 23.2 Å². The third-order valence-electron chi connectivity index (χ3n) is 3.64. The van der Waals surface area contributed by atoms with Gasteiger partial charge < -0.3 is 15.8 Å². The fourth-order valence-corrected chi connectivity index (χ4v) is 2.84. The first-order valence-corrected chi connectivity index (χ1v) is 8.39. The molecule has 4 nitrogen and oxygen atoms in total. The van der Waals surface area contributed by atoms with Gasteiger partial charge in [-0.25, -0.2) is 0 Å². The molecule has 0 heterocycles. The van der Waals surface area contributed by atoms with E-state index in [9.17, 15) is 4.79 Å². The van der Waals surface area contributed by atoms with Gasteiger partial charge >= 0.3 is 0 Å².